The Morgan fingerprint density at radius 1 is 1.32 bits per heavy atom. The van der Waals surface area contributed by atoms with Crippen LogP contribution in [0, 0.1) is 5.92 Å². The van der Waals surface area contributed by atoms with Crippen LogP contribution in [0.25, 0.3) is 11.1 Å². The first kappa shape index (κ1) is 13.3. The van der Waals surface area contributed by atoms with Crippen molar-refractivity contribution in [3.63, 3.8) is 0 Å². The predicted molar refractivity (Wildman–Crippen MR) is 71.6 cm³/mol. The highest BCUT2D eigenvalue weighted by molar-refractivity contribution is 5.70. The molecule has 2 aromatic heterocycles. The number of hydrogen-bond acceptors (Lipinski definition) is 3. The second-order valence-electron chi connectivity index (χ2n) is 4.95. The van der Waals surface area contributed by atoms with Crippen molar-refractivity contribution in [1.82, 2.24) is 14.8 Å². The van der Waals surface area contributed by atoms with E-state index < -0.39 is 5.97 Å². The van der Waals surface area contributed by atoms with Gasteiger partial charge in [0.2, 0.25) is 0 Å². The van der Waals surface area contributed by atoms with Crippen molar-refractivity contribution in [3.8, 4) is 11.1 Å². The zero-order valence-electron chi connectivity index (χ0n) is 11.1. The molecule has 0 atom stereocenters. The second kappa shape index (κ2) is 5.65. The Morgan fingerprint density at radius 2 is 2.11 bits per heavy atom. The van der Waals surface area contributed by atoms with E-state index in [9.17, 15) is 4.79 Å². The summed E-state index contributed by atoms with van der Waals surface area (Å²) in [5.41, 5.74) is 2.50. The molecule has 0 aromatic carbocycles. The first-order valence-corrected chi connectivity index (χ1v) is 6.24. The summed E-state index contributed by atoms with van der Waals surface area (Å²) in [5, 5.41) is 13.0. The molecule has 0 aliphatic carbocycles. The summed E-state index contributed by atoms with van der Waals surface area (Å²) >= 11 is 0. The maximum Gasteiger partial charge on any atom is 0.309 e. The number of carbonyl (C=O) groups is 1. The average Bonchev–Trinajstić information content (AvgIpc) is 2.76. The Kier molecular flexibility index (Phi) is 3.94. The smallest absolute Gasteiger partial charge is 0.309 e. The van der Waals surface area contributed by atoms with E-state index in [2.05, 4.69) is 23.9 Å². The lowest BCUT2D eigenvalue weighted by Gasteiger charge is -2.03. The molecule has 0 amide bonds. The molecule has 5 nitrogen and oxygen atoms in total. The molecular formula is C14H17N3O2. The second-order valence-corrected chi connectivity index (χ2v) is 4.95. The molecule has 0 aliphatic rings. The highest BCUT2D eigenvalue weighted by Crippen LogP contribution is 2.18. The first-order chi connectivity index (χ1) is 9.04. The zero-order valence-corrected chi connectivity index (χ0v) is 11.1. The Labute approximate surface area is 111 Å². The number of carboxylic acids is 1. The Bertz CT molecular complexity index is 558. The van der Waals surface area contributed by atoms with Crippen LogP contribution < -0.4 is 0 Å². The number of pyridine rings is 1. The van der Waals surface area contributed by atoms with Gasteiger partial charge in [0.15, 0.2) is 0 Å². The van der Waals surface area contributed by atoms with E-state index in [0.717, 1.165) is 17.7 Å². The normalized spacial score (nSPS) is 10.9. The van der Waals surface area contributed by atoms with Crippen LogP contribution in [0.5, 0.6) is 0 Å². The maximum atomic E-state index is 10.6. The molecule has 2 rings (SSSR count). The van der Waals surface area contributed by atoms with Crippen molar-refractivity contribution in [2.75, 3.05) is 0 Å². The van der Waals surface area contributed by atoms with E-state index in [0.29, 0.717) is 11.6 Å². The van der Waals surface area contributed by atoms with Gasteiger partial charge in [0.1, 0.15) is 0 Å². The van der Waals surface area contributed by atoms with Gasteiger partial charge in [0, 0.05) is 30.1 Å². The number of aromatic nitrogens is 3. The largest absolute Gasteiger partial charge is 0.481 e. The maximum absolute atomic E-state index is 10.6. The lowest BCUT2D eigenvalue weighted by Crippen LogP contribution is -2.04. The third kappa shape index (κ3) is 3.64. The summed E-state index contributed by atoms with van der Waals surface area (Å²) in [6.45, 7) is 5.16. The van der Waals surface area contributed by atoms with Gasteiger partial charge in [-0.1, -0.05) is 19.9 Å². The summed E-state index contributed by atoms with van der Waals surface area (Å²) in [5.74, 6) is -0.325. The van der Waals surface area contributed by atoms with Gasteiger partial charge < -0.3 is 5.11 Å². The van der Waals surface area contributed by atoms with Crippen LogP contribution >= 0.6 is 0 Å². The minimum absolute atomic E-state index is 0.0487. The number of aliphatic carboxylic acids is 1. The van der Waals surface area contributed by atoms with Gasteiger partial charge in [0.25, 0.3) is 0 Å². The molecule has 0 fully saturated rings. The molecule has 2 heterocycles. The van der Waals surface area contributed by atoms with Gasteiger partial charge in [0.05, 0.1) is 18.3 Å². The number of nitrogens with zero attached hydrogens (tertiary/aromatic N) is 3. The highest BCUT2D eigenvalue weighted by Gasteiger charge is 2.05. The van der Waals surface area contributed by atoms with Gasteiger partial charge in [-0.05, 0) is 12.0 Å². The van der Waals surface area contributed by atoms with Crippen LogP contribution in [0.15, 0.2) is 30.7 Å². The standard InChI is InChI=1S/C14H17N3O2/c1-10(2)8-17-9-12(7-16-17)11-3-4-13(15-6-11)5-14(18)19/h3-4,6-7,9-10H,5,8H2,1-2H3,(H,18,19). The molecule has 0 unspecified atom stereocenters. The van der Waals surface area contributed by atoms with Gasteiger partial charge >= 0.3 is 5.97 Å². The molecule has 5 heteroatoms. The van der Waals surface area contributed by atoms with Crippen molar-refractivity contribution in [3.05, 3.63) is 36.4 Å². The molecular weight excluding hydrogens is 242 g/mol. The molecule has 2 aromatic rings. The molecule has 0 saturated heterocycles. The fraction of sp³-hybridized carbons (Fsp3) is 0.357. The summed E-state index contributed by atoms with van der Waals surface area (Å²) in [6.07, 6.45) is 5.42. The Hall–Kier alpha value is -2.17. The molecule has 0 saturated carbocycles. The lowest BCUT2D eigenvalue weighted by molar-refractivity contribution is -0.136. The average molecular weight is 259 g/mol. The zero-order chi connectivity index (χ0) is 13.8. The third-order valence-corrected chi connectivity index (χ3v) is 2.68. The van der Waals surface area contributed by atoms with Crippen LogP contribution in [-0.4, -0.2) is 25.8 Å². The van der Waals surface area contributed by atoms with E-state index in [-0.39, 0.29) is 6.42 Å². The lowest BCUT2D eigenvalue weighted by atomic mass is 10.1. The molecule has 0 spiro atoms. The minimum Gasteiger partial charge on any atom is -0.481 e. The molecule has 0 bridgehead atoms. The number of rotatable bonds is 5. The van der Waals surface area contributed by atoms with Crippen LogP contribution in [0.1, 0.15) is 19.5 Å². The molecule has 100 valence electrons. The van der Waals surface area contributed by atoms with Crippen LogP contribution in [0.3, 0.4) is 0 Å². The van der Waals surface area contributed by atoms with Crippen LogP contribution in [0.2, 0.25) is 0 Å². The molecule has 19 heavy (non-hydrogen) atoms. The minimum atomic E-state index is -0.870. The molecule has 1 N–H and O–H groups in total. The topological polar surface area (TPSA) is 68.0 Å². The van der Waals surface area contributed by atoms with Crippen molar-refractivity contribution < 1.29 is 9.90 Å². The van der Waals surface area contributed by atoms with Gasteiger partial charge in [-0.15, -0.1) is 0 Å². The van der Waals surface area contributed by atoms with Crippen molar-refractivity contribution >= 4 is 5.97 Å². The van der Waals surface area contributed by atoms with E-state index in [1.54, 1.807) is 18.5 Å². The predicted octanol–water partition coefficient (Wildman–Crippen LogP) is 2.23. The molecule has 0 aliphatic heterocycles. The summed E-state index contributed by atoms with van der Waals surface area (Å²) < 4.78 is 1.91. The van der Waals surface area contributed by atoms with Gasteiger partial charge in [-0.25, -0.2) is 0 Å². The number of carboxylic acid groups (broad SMARTS) is 1. The SMILES string of the molecule is CC(C)Cn1cc(-c2ccc(CC(=O)O)nc2)cn1. The number of hydrogen-bond donors (Lipinski definition) is 1. The van der Waals surface area contributed by atoms with E-state index in [1.165, 1.54) is 0 Å². The van der Waals surface area contributed by atoms with E-state index >= 15 is 0 Å². The monoisotopic (exact) mass is 259 g/mol. The summed E-state index contributed by atoms with van der Waals surface area (Å²) in [4.78, 5) is 14.7. The van der Waals surface area contributed by atoms with Crippen molar-refractivity contribution in [1.29, 1.82) is 0 Å². The van der Waals surface area contributed by atoms with Crippen molar-refractivity contribution in [2.45, 2.75) is 26.8 Å². The fourth-order valence-electron chi connectivity index (χ4n) is 1.84. The van der Waals surface area contributed by atoms with Crippen molar-refractivity contribution in [2.24, 2.45) is 5.92 Å². The van der Waals surface area contributed by atoms with Crippen LogP contribution in [-0.2, 0) is 17.8 Å². The van der Waals surface area contributed by atoms with Gasteiger partial charge in [-0.3, -0.25) is 14.5 Å². The fourth-order valence-corrected chi connectivity index (χ4v) is 1.84. The van der Waals surface area contributed by atoms with Crippen LogP contribution in [0.4, 0.5) is 0 Å². The Morgan fingerprint density at radius 3 is 2.68 bits per heavy atom. The van der Waals surface area contributed by atoms with E-state index in [4.69, 9.17) is 5.11 Å². The summed E-state index contributed by atoms with van der Waals surface area (Å²) in [6, 6.07) is 3.62. The third-order valence-electron chi connectivity index (χ3n) is 2.68. The highest BCUT2D eigenvalue weighted by atomic mass is 16.4. The quantitative estimate of drug-likeness (QED) is 0.894. The van der Waals surface area contributed by atoms with Gasteiger partial charge in [-0.2, -0.15) is 5.10 Å². The molecule has 0 radical (unpaired) electrons. The summed E-state index contributed by atoms with van der Waals surface area (Å²) in [7, 11) is 0. The first-order valence-electron chi connectivity index (χ1n) is 6.24. The van der Waals surface area contributed by atoms with E-state index in [1.807, 2.05) is 16.9 Å². The Balaban J connectivity index is 2.13.